The molecule has 0 saturated heterocycles. The zero-order valence-corrected chi connectivity index (χ0v) is 9.53. The van der Waals surface area contributed by atoms with Crippen LogP contribution in [-0.2, 0) is 6.42 Å². The number of ether oxygens (including phenoxy) is 1. The van der Waals surface area contributed by atoms with Gasteiger partial charge in [-0.05, 0) is 30.2 Å². The summed E-state index contributed by atoms with van der Waals surface area (Å²) >= 11 is 0. The molecule has 0 atom stereocenters. The van der Waals surface area contributed by atoms with E-state index in [0.29, 0.717) is 12.2 Å². The Bertz CT molecular complexity index is 575. The van der Waals surface area contributed by atoms with Crippen molar-refractivity contribution in [3.63, 3.8) is 0 Å². The van der Waals surface area contributed by atoms with Crippen LogP contribution in [0.25, 0.3) is 11.1 Å². The summed E-state index contributed by atoms with van der Waals surface area (Å²) in [5, 5.41) is 0. The Labute approximate surface area is 99.9 Å². The summed E-state index contributed by atoms with van der Waals surface area (Å²) in [6.45, 7) is 3.66. The van der Waals surface area contributed by atoms with Crippen LogP contribution in [-0.4, -0.2) is 0 Å². The molecule has 2 heteroatoms. The minimum absolute atomic E-state index is 0.284. The minimum atomic E-state index is -0.284. The van der Waals surface area contributed by atoms with Gasteiger partial charge in [0, 0.05) is 12.0 Å². The Hall–Kier alpha value is -1.83. The molecule has 0 fully saturated rings. The summed E-state index contributed by atoms with van der Waals surface area (Å²) in [7, 11) is 0. The molecule has 0 spiro atoms. The maximum Gasteiger partial charge on any atom is 0.165 e. The molecule has 3 rings (SSSR count). The van der Waals surface area contributed by atoms with E-state index >= 15 is 0 Å². The second-order valence-corrected chi connectivity index (χ2v) is 4.30. The highest BCUT2D eigenvalue weighted by atomic mass is 19.1. The summed E-state index contributed by atoms with van der Waals surface area (Å²) in [6.07, 6.45) is 0.673. The van der Waals surface area contributed by atoms with Gasteiger partial charge >= 0.3 is 0 Å². The van der Waals surface area contributed by atoms with E-state index < -0.39 is 0 Å². The molecule has 1 aliphatic rings. The maximum absolute atomic E-state index is 13.8. The van der Waals surface area contributed by atoms with Crippen molar-refractivity contribution >= 4 is 0 Å². The standard InChI is InChI=1S/C15H12FO/c1-10-3-2-4-11(7-10)13-8-12-5-6-17-15(12)14(16)9-13/h2-4,6-9H,5H2,1H3. The van der Waals surface area contributed by atoms with Crippen molar-refractivity contribution in [2.24, 2.45) is 0 Å². The predicted molar refractivity (Wildman–Crippen MR) is 65.2 cm³/mol. The van der Waals surface area contributed by atoms with Gasteiger partial charge in [0.05, 0.1) is 0 Å². The predicted octanol–water partition coefficient (Wildman–Crippen LogP) is 3.90. The van der Waals surface area contributed by atoms with E-state index in [1.165, 1.54) is 11.6 Å². The first-order valence-electron chi connectivity index (χ1n) is 5.62. The molecular formula is C15H12FO. The molecule has 0 amide bonds. The number of hydrogen-bond donors (Lipinski definition) is 0. The van der Waals surface area contributed by atoms with E-state index in [-0.39, 0.29) is 5.82 Å². The van der Waals surface area contributed by atoms with Gasteiger partial charge in [-0.3, -0.25) is 0 Å². The molecule has 1 aliphatic heterocycles. The fourth-order valence-corrected chi connectivity index (χ4v) is 2.14. The molecule has 1 nitrogen and oxygen atoms in total. The third-order valence-corrected chi connectivity index (χ3v) is 2.98. The number of fused-ring (bicyclic) bond motifs is 1. The molecule has 17 heavy (non-hydrogen) atoms. The molecule has 0 bridgehead atoms. The van der Waals surface area contributed by atoms with Crippen molar-refractivity contribution in [2.45, 2.75) is 13.3 Å². The number of rotatable bonds is 1. The minimum Gasteiger partial charge on any atom is -0.483 e. The van der Waals surface area contributed by atoms with Crippen molar-refractivity contribution in [1.82, 2.24) is 0 Å². The van der Waals surface area contributed by atoms with Gasteiger partial charge in [-0.25, -0.2) is 4.39 Å². The highest BCUT2D eigenvalue weighted by Gasteiger charge is 2.18. The maximum atomic E-state index is 13.8. The van der Waals surface area contributed by atoms with Gasteiger partial charge < -0.3 is 4.74 Å². The molecule has 2 aromatic rings. The molecule has 2 aromatic carbocycles. The largest absolute Gasteiger partial charge is 0.483 e. The van der Waals surface area contributed by atoms with Gasteiger partial charge in [0.1, 0.15) is 6.61 Å². The molecule has 0 saturated carbocycles. The summed E-state index contributed by atoms with van der Waals surface area (Å²) in [5.41, 5.74) is 4.04. The summed E-state index contributed by atoms with van der Waals surface area (Å²) in [5.74, 6) is 0.0918. The Morgan fingerprint density at radius 1 is 1.12 bits per heavy atom. The lowest BCUT2D eigenvalue weighted by Crippen LogP contribution is -1.87. The Kier molecular flexibility index (Phi) is 2.36. The first-order chi connectivity index (χ1) is 8.24. The third kappa shape index (κ3) is 1.80. The number of hydrogen-bond acceptors (Lipinski definition) is 1. The van der Waals surface area contributed by atoms with E-state index in [1.54, 1.807) is 6.61 Å². The monoisotopic (exact) mass is 227 g/mol. The SMILES string of the molecule is Cc1cccc(-c2cc(F)c3c(c2)C[CH]O3)c1. The van der Waals surface area contributed by atoms with Crippen LogP contribution in [0.1, 0.15) is 11.1 Å². The highest BCUT2D eigenvalue weighted by molar-refractivity contribution is 5.67. The zero-order chi connectivity index (χ0) is 11.8. The molecule has 85 valence electrons. The smallest absolute Gasteiger partial charge is 0.165 e. The molecule has 0 aliphatic carbocycles. The van der Waals surface area contributed by atoms with Crippen LogP contribution in [0.15, 0.2) is 36.4 Å². The van der Waals surface area contributed by atoms with Crippen molar-refractivity contribution in [3.8, 4) is 16.9 Å². The van der Waals surface area contributed by atoms with Crippen molar-refractivity contribution in [1.29, 1.82) is 0 Å². The van der Waals surface area contributed by atoms with E-state index in [2.05, 4.69) is 6.07 Å². The molecule has 0 unspecified atom stereocenters. The van der Waals surface area contributed by atoms with Crippen LogP contribution in [0.2, 0.25) is 0 Å². The summed E-state index contributed by atoms with van der Waals surface area (Å²) < 4.78 is 18.9. The summed E-state index contributed by atoms with van der Waals surface area (Å²) in [6, 6.07) is 11.6. The second kappa shape index (κ2) is 3.88. The van der Waals surface area contributed by atoms with Gasteiger partial charge in [0.2, 0.25) is 0 Å². The molecule has 1 heterocycles. The number of benzene rings is 2. The van der Waals surface area contributed by atoms with Crippen molar-refractivity contribution in [3.05, 3.63) is 59.9 Å². The van der Waals surface area contributed by atoms with E-state index in [0.717, 1.165) is 16.7 Å². The lowest BCUT2D eigenvalue weighted by atomic mass is 10.0. The van der Waals surface area contributed by atoms with Gasteiger partial charge in [0.15, 0.2) is 11.6 Å². The first-order valence-corrected chi connectivity index (χ1v) is 5.62. The third-order valence-electron chi connectivity index (χ3n) is 2.98. The van der Waals surface area contributed by atoms with Crippen molar-refractivity contribution < 1.29 is 9.13 Å². The Balaban J connectivity index is 2.13. The Morgan fingerprint density at radius 2 is 2.00 bits per heavy atom. The molecule has 0 N–H and O–H groups in total. The fourth-order valence-electron chi connectivity index (χ4n) is 2.14. The first kappa shape index (κ1) is 10.3. The van der Waals surface area contributed by atoms with Crippen LogP contribution in [0.3, 0.4) is 0 Å². The number of aryl methyl sites for hydroxylation is 1. The molecule has 1 radical (unpaired) electrons. The topological polar surface area (TPSA) is 9.23 Å². The molecule has 0 aromatic heterocycles. The normalized spacial score (nSPS) is 13.3. The quantitative estimate of drug-likeness (QED) is 0.718. The van der Waals surface area contributed by atoms with Gasteiger partial charge in [-0.1, -0.05) is 29.8 Å². The lowest BCUT2D eigenvalue weighted by molar-refractivity contribution is 0.407. The second-order valence-electron chi connectivity index (χ2n) is 4.30. The van der Waals surface area contributed by atoms with Crippen LogP contribution < -0.4 is 4.74 Å². The van der Waals surface area contributed by atoms with E-state index in [4.69, 9.17) is 4.74 Å². The Morgan fingerprint density at radius 3 is 2.82 bits per heavy atom. The fraction of sp³-hybridized carbons (Fsp3) is 0.133. The van der Waals surface area contributed by atoms with Crippen LogP contribution >= 0.6 is 0 Å². The van der Waals surface area contributed by atoms with Crippen LogP contribution in [0.5, 0.6) is 5.75 Å². The average Bonchev–Trinajstić information content (AvgIpc) is 2.77. The highest BCUT2D eigenvalue weighted by Crippen LogP contribution is 2.34. The summed E-state index contributed by atoms with van der Waals surface area (Å²) in [4.78, 5) is 0. The zero-order valence-electron chi connectivity index (χ0n) is 9.53. The van der Waals surface area contributed by atoms with Crippen LogP contribution in [0.4, 0.5) is 4.39 Å². The van der Waals surface area contributed by atoms with E-state index in [1.807, 2.05) is 31.2 Å². The number of halogens is 1. The lowest BCUT2D eigenvalue weighted by Gasteiger charge is -2.06. The van der Waals surface area contributed by atoms with E-state index in [9.17, 15) is 4.39 Å². The van der Waals surface area contributed by atoms with Gasteiger partial charge in [-0.2, -0.15) is 0 Å². The van der Waals surface area contributed by atoms with Gasteiger partial charge in [0.25, 0.3) is 0 Å². The molecular weight excluding hydrogens is 215 g/mol. The van der Waals surface area contributed by atoms with Gasteiger partial charge in [-0.15, -0.1) is 0 Å². The van der Waals surface area contributed by atoms with Crippen LogP contribution in [0, 0.1) is 19.3 Å². The average molecular weight is 227 g/mol. The van der Waals surface area contributed by atoms with Crippen molar-refractivity contribution in [2.75, 3.05) is 0 Å².